The third-order valence-corrected chi connectivity index (χ3v) is 3.46. The Labute approximate surface area is 106 Å². The van der Waals surface area contributed by atoms with Crippen LogP contribution >= 0.6 is 0 Å². The van der Waals surface area contributed by atoms with E-state index < -0.39 is 23.6 Å². The summed E-state index contributed by atoms with van der Waals surface area (Å²) in [4.78, 5) is 25.0. The van der Waals surface area contributed by atoms with Gasteiger partial charge in [0.1, 0.15) is 5.92 Å². The molecule has 0 aromatic heterocycles. The van der Waals surface area contributed by atoms with Crippen LogP contribution in [0.2, 0.25) is 0 Å². The molecule has 1 N–H and O–H groups in total. The lowest BCUT2D eigenvalue weighted by Crippen LogP contribution is -2.50. The smallest absolute Gasteiger partial charge is 0.183 e. The fraction of sp³-hybridized carbons (Fsp3) is 0.429. The molecule has 0 heterocycles. The van der Waals surface area contributed by atoms with Crippen LogP contribution in [0.3, 0.4) is 0 Å². The molecule has 0 radical (unpaired) electrons. The van der Waals surface area contributed by atoms with Crippen LogP contribution < -0.4 is 4.90 Å². The van der Waals surface area contributed by atoms with Gasteiger partial charge < -0.3 is 10.0 Å². The van der Waals surface area contributed by atoms with Gasteiger partial charge in [0.2, 0.25) is 0 Å². The normalized spacial score (nSPS) is 22.8. The molecule has 1 aliphatic carbocycles. The van der Waals surface area contributed by atoms with Gasteiger partial charge in [0.05, 0.1) is 0 Å². The Morgan fingerprint density at radius 1 is 1.06 bits per heavy atom. The highest BCUT2D eigenvalue weighted by atomic mass is 16.3. The average Bonchev–Trinajstić information content (AvgIpc) is 2.41. The maximum atomic E-state index is 11.4. The van der Waals surface area contributed by atoms with Crippen molar-refractivity contribution in [3.05, 3.63) is 29.8 Å². The second-order valence-electron chi connectivity index (χ2n) is 4.40. The predicted octanol–water partition coefficient (Wildman–Crippen LogP) is 1.13. The summed E-state index contributed by atoms with van der Waals surface area (Å²) in [6.45, 7) is 5.98. The van der Waals surface area contributed by atoms with Crippen molar-refractivity contribution in [1.29, 1.82) is 0 Å². The minimum atomic E-state index is -1.41. The summed E-state index contributed by atoms with van der Waals surface area (Å²) < 4.78 is 0. The molecule has 4 nitrogen and oxygen atoms in total. The summed E-state index contributed by atoms with van der Waals surface area (Å²) in [5, 5.41) is 9.13. The largest absolute Gasteiger partial charge is 0.377 e. The van der Waals surface area contributed by atoms with Gasteiger partial charge in [0, 0.05) is 18.8 Å². The van der Waals surface area contributed by atoms with Crippen LogP contribution in [0.1, 0.15) is 25.3 Å². The van der Waals surface area contributed by atoms with Gasteiger partial charge in [-0.1, -0.05) is 12.1 Å². The molecule has 0 bridgehead atoms. The van der Waals surface area contributed by atoms with Crippen molar-refractivity contribution < 1.29 is 14.7 Å². The number of Topliss-reactive ketones (excluding diaryl/α,β-unsaturated/α-hetero) is 2. The van der Waals surface area contributed by atoms with E-state index in [0.29, 0.717) is 5.56 Å². The maximum Gasteiger partial charge on any atom is 0.183 e. The molecule has 0 aliphatic heterocycles. The number of ketones is 2. The predicted molar refractivity (Wildman–Crippen MR) is 68.8 cm³/mol. The molecule has 0 unspecified atom stereocenters. The molecule has 1 aliphatic rings. The molecular weight excluding hydrogens is 230 g/mol. The SMILES string of the molecule is CCN(CC)c1ccc(C2C(=O)C(O)C2=O)cc1. The van der Waals surface area contributed by atoms with Crippen molar-refractivity contribution in [3.63, 3.8) is 0 Å². The number of carbonyl (C=O) groups is 2. The van der Waals surface area contributed by atoms with E-state index in [2.05, 4.69) is 18.7 Å². The number of hydrogen-bond acceptors (Lipinski definition) is 4. The summed E-state index contributed by atoms with van der Waals surface area (Å²) in [5.74, 6) is -1.54. The molecular formula is C14H17NO3. The fourth-order valence-electron chi connectivity index (χ4n) is 2.29. The van der Waals surface area contributed by atoms with Crippen molar-refractivity contribution in [1.82, 2.24) is 0 Å². The lowest BCUT2D eigenvalue weighted by molar-refractivity contribution is -0.152. The van der Waals surface area contributed by atoms with Crippen molar-refractivity contribution in [2.24, 2.45) is 0 Å². The topological polar surface area (TPSA) is 57.6 Å². The third-order valence-electron chi connectivity index (χ3n) is 3.46. The summed E-state index contributed by atoms with van der Waals surface area (Å²) in [6, 6.07) is 7.40. The Hall–Kier alpha value is -1.68. The molecule has 0 amide bonds. The van der Waals surface area contributed by atoms with Crippen LogP contribution in [-0.2, 0) is 9.59 Å². The Balaban J connectivity index is 2.18. The van der Waals surface area contributed by atoms with E-state index in [9.17, 15) is 9.59 Å². The number of aliphatic hydroxyl groups is 1. The molecule has 0 spiro atoms. The number of nitrogens with zero attached hydrogens (tertiary/aromatic N) is 1. The molecule has 2 rings (SSSR count). The molecule has 96 valence electrons. The first-order chi connectivity index (χ1) is 8.60. The third kappa shape index (κ3) is 1.93. The number of anilines is 1. The zero-order valence-corrected chi connectivity index (χ0v) is 10.6. The van der Waals surface area contributed by atoms with E-state index in [1.807, 2.05) is 12.1 Å². The van der Waals surface area contributed by atoms with E-state index in [0.717, 1.165) is 18.8 Å². The summed E-state index contributed by atoms with van der Waals surface area (Å²) in [7, 11) is 0. The van der Waals surface area contributed by atoms with Crippen molar-refractivity contribution >= 4 is 17.3 Å². The molecule has 18 heavy (non-hydrogen) atoms. The molecule has 1 saturated carbocycles. The van der Waals surface area contributed by atoms with Crippen LogP contribution in [0.5, 0.6) is 0 Å². The molecule has 1 fully saturated rings. The highest BCUT2D eigenvalue weighted by molar-refractivity contribution is 6.29. The van der Waals surface area contributed by atoms with E-state index in [1.165, 1.54) is 0 Å². The standard InChI is InChI=1S/C14H17NO3/c1-3-15(4-2)10-7-5-9(6-8-10)11-12(16)14(18)13(11)17/h5-8,11,14,18H,3-4H2,1-2H3. The number of benzene rings is 1. The van der Waals surface area contributed by atoms with E-state index in [4.69, 9.17) is 5.11 Å². The summed E-state index contributed by atoms with van der Waals surface area (Å²) in [5.41, 5.74) is 1.75. The van der Waals surface area contributed by atoms with E-state index in [-0.39, 0.29) is 0 Å². The van der Waals surface area contributed by atoms with Gasteiger partial charge in [0.15, 0.2) is 17.7 Å². The fourth-order valence-corrected chi connectivity index (χ4v) is 2.29. The van der Waals surface area contributed by atoms with Gasteiger partial charge in [0.25, 0.3) is 0 Å². The molecule has 1 aromatic carbocycles. The van der Waals surface area contributed by atoms with Crippen molar-refractivity contribution in [2.45, 2.75) is 25.9 Å². The van der Waals surface area contributed by atoms with Crippen LogP contribution in [0, 0.1) is 0 Å². The molecule has 0 atom stereocenters. The van der Waals surface area contributed by atoms with Crippen LogP contribution in [-0.4, -0.2) is 35.9 Å². The summed E-state index contributed by atoms with van der Waals surface area (Å²) >= 11 is 0. The molecule has 0 saturated heterocycles. The molecule has 1 aromatic rings. The number of hydrogen-bond donors (Lipinski definition) is 1. The quantitative estimate of drug-likeness (QED) is 0.810. The van der Waals surface area contributed by atoms with Gasteiger partial charge in [-0.15, -0.1) is 0 Å². The van der Waals surface area contributed by atoms with Gasteiger partial charge in [-0.2, -0.15) is 0 Å². The second-order valence-corrected chi connectivity index (χ2v) is 4.40. The van der Waals surface area contributed by atoms with Gasteiger partial charge in [-0.05, 0) is 31.5 Å². The maximum absolute atomic E-state index is 11.4. The van der Waals surface area contributed by atoms with Crippen molar-refractivity contribution in [3.8, 4) is 0 Å². The van der Waals surface area contributed by atoms with Gasteiger partial charge in [-0.3, -0.25) is 9.59 Å². The van der Waals surface area contributed by atoms with Gasteiger partial charge >= 0.3 is 0 Å². The first kappa shape index (κ1) is 12.8. The zero-order valence-electron chi connectivity index (χ0n) is 10.6. The molecule has 4 heteroatoms. The first-order valence-electron chi connectivity index (χ1n) is 6.20. The summed E-state index contributed by atoms with van der Waals surface area (Å²) in [6.07, 6.45) is -1.41. The lowest BCUT2D eigenvalue weighted by atomic mass is 9.75. The average molecular weight is 247 g/mol. The van der Waals surface area contributed by atoms with E-state index >= 15 is 0 Å². The van der Waals surface area contributed by atoms with Crippen LogP contribution in [0.15, 0.2) is 24.3 Å². The Morgan fingerprint density at radius 2 is 1.56 bits per heavy atom. The minimum absolute atomic E-state index is 0.393. The van der Waals surface area contributed by atoms with Gasteiger partial charge in [-0.25, -0.2) is 0 Å². The van der Waals surface area contributed by atoms with E-state index in [1.54, 1.807) is 12.1 Å². The number of aliphatic hydroxyl groups excluding tert-OH is 1. The minimum Gasteiger partial charge on any atom is -0.377 e. The van der Waals surface area contributed by atoms with Crippen LogP contribution in [0.25, 0.3) is 0 Å². The first-order valence-corrected chi connectivity index (χ1v) is 6.20. The Bertz CT molecular complexity index is 446. The number of rotatable bonds is 4. The number of carbonyl (C=O) groups excluding carboxylic acids is 2. The monoisotopic (exact) mass is 247 g/mol. The second kappa shape index (κ2) is 4.90. The Kier molecular flexibility index (Phi) is 3.48. The highest BCUT2D eigenvalue weighted by Gasteiger charge is 2.48. The van der Waals surface area contributed by atoms with Crippen molar-refractivity contribution in [2.75, 3.05) is 18.0 Å². The zero-order chi connectivity index (χ0) is 13.3. The highest BCUT2D eigenvalue weighted by Crippen LogP contribution is 2.31. The van der Waals surface area contributed by atoms with Crippen LogP contribution in [0.4, 0.5) is 5.69 Å². The Morgan fingerprint density at radius 3 is 2.00 bits per heavy atom. The lowest BCUT2D eigenvalue weighted by Gasteiger charge is -2.28.